The molecule has 0 N–H and O–H groups in total. The highest BCUT2D eigenvalue weighted by Gasteiger charge is 2.20. The molecule has 0 bridgehead atoms. The Kier molecular flexibility index (Phi) is 5.64. The number of hydrogen-bond donors (Lipinski definition) is 0. The highest BCUT2D eigenvalue weighted by atomic mass is 16.3. The van der Waals surface area contributed by atoms with Crippen LogP contribution in [0.1, 0.15) is 0 Å². The molecular formula is C46H28O. The maximum atomic E-state index is 6.82. The van der Waals surface area contributed by atoms with Gasteiger partial charge < -0.3 is 4.42 Å². The molecule has 0 fully saturated rings. The summed E-state index contributed by atoms with van der Waals surface area (Å²) in [4.78, 5) is 0. The van der Waals surface area contributed by atoms with E-state index < -0.39 is 0 Å². The number of furan rings is 1. The lowest BCUT2D eigenvalue weighted by Crippen LogP contribution is -1.88. The van der Waals surface area contributed by atoms with Crippen molar-refractivity contribution in [2.45, 2.75) is 0 Å². The lowest BCUT2D eigenvalue weighted by atomic mass is 9.88. The molecule has 0 aliphatic heterocycles. The number of hydrogen-bond acceptors (Lipinski definition) is 1. The number of fused-ring (bicyclic) bond motifs is 12. The zero-order valence-corrected chi connectivity index (χ0v) is 25.6. The van der Waals surface area contributed by atoms with Crippen LogP contribution in [0, 0.1) is 0 Å². The largest absolute Gasteiger partial charge is 0.456 e. The standard InChI is InChI=1S/C46H28O/c1-3-13-29(14-4-1)31-25-32(30-15-5-2-6-16-30)27-33(26-31)41-28-43-45(39-22-12-10-20-37(39)41)46-42(47-43)24-23-40-36-19-8-7-17-34(36)35-18-9-11-21-38(35)44(40)46/h1-28H. The minimum atomic E-state index is 0.907. The third-order valence-electron chi connectivity index (χ3n) is 9.81. The van der Waals surface area contributed by atoms with Gasteiger partial charge in [0.25, 0.3) is 0 Å². The second-order valence-corrected chi connectivity index (χ2v) is 12.4. The van der Waals surface area contributed by atoms with Gasteiger partial charge in [-0.25, -0.2) is 0 Å². The molecule has 0 aliphatic rings. The van der Waals surface area contributed by atoms with Crippen LogP contribution in [0.2, 0.25) is 0 Å². The van der Waals surface area contributed by atoms with Gasteiger partial charge in [0.2, 0.25) is 0 Å². The Hall–Kier alpha value is -6.18. The van der Waals surface area contributed by atoms with Crippen LogP contribution in [0.25, 0.3) is 98.4 Å². The van der Waals surface area contributed by atoms with Gasteiger partial charge in [-0.15, -0.1) is 0 Å². The van der Waals surface area contributed by atoms with Gasteiger partial charge in [0, 0.05) is 16.2 Å². The van der Waals surface area contributed by atoms with Crippen molar-refractivity contribution in [1.82, 2.24) is 0 Å². The lowest BCUT2D eigenvalue weighted by molar-refractivity contribution is 0.669. The first-order chi connectivity index (χ1) is 23.3. The summed E-state index contributed by atoms with van der Waals surface area (Å²) in [5, 5.41) is 12.4. The average Bonchev–Trinajstić information content (AvgIpc) is 3.54. The predicted molar refractivity (Wildman–Crippen MR) is 200 cm³/mol. The van der Waals surface area contributed by atoms with Gasteiger partial charge >= 0.3 is 0 Å². The number of rotatable bonds is 3. The molecule has 1 heteroatoms. The molecule has 0 atom stereocenters. The topological polar surface area (TPSA) is 13.1 Å². The smallest absolute Gasteiger partial charge is 0.136 e. The normalized spacial score (nSPS) is 11.8. The molecule has 1 aromatic heterocycles. The van der Waals surface area contributed by atoms with E-state index in [0.29, 0.717) is 0 Å². The van der Waals surface area contributed by atoms with Gasteiger partial charge in [-0.3, -0.25) is 0 Å². The SMILES string of the molecule is c1ccc(-c2cc(-c3ccccc3)cc(-c3cc4oc5ccc6c7ccccc7c7ccccc7c6c5c4c4ccccc34)c2)cc1. The Morgan fingerprint density at radius 3 is 1.30 bits per heavy atom. The molecule has 0 saturated carbocycles. The predicted octanol–water partition coefficient (Wildman–Crippen LogP) is 13.2. The van der Waals surface area contributed by atoms with Gasteiger partial charge in [0.15, 0.2) is 0 Å². The molecule has 0 saturated heterocycles. The summed E-state index contributed by atoms with van der Waals surface area (Å²) in [5.74, 6) is 0. The summed E-state index contributed by atoms with van der Waals surface area (Å²) >= 11 is 0. The van der Waals surface area contributed by atoms with Gasteiger partial charge in [0.05, 0.1) is 0 Å². The number of benzene rings is 9. The molecule has 0 spiro atoms. The first-order valence-electron chi connectivity index (χ1n) is 16.2. The van der Waals surface area contributed by atoms with E-state index in [1.807, 2.05) is 0 Å². The summed E-state index contributed by atoms with van der Waals surface area (Å²) in [5.41, 5.74) is 8.95. The van der Waals surface area contributed by atoms with Crippen molar-refractivity contribution in [3.63, 3.8) is 0 Å². The Balaban J connectivity index is 1.33. The van der Waals surface area contributed by atoms with E-state index in [-0.39, 0.29) is 0 Å². The Labute approximate surface area is 271 Å². The minimum Gasteiger partial charge on any atom is -0.456 e. The molecule has 1 nitrogen and oxygen atoms in total. The van der Waals surface area contributed by atoms with Crippen LogP contribution in [0.15, 0.2) is 174 Å². The highest BCUT2D eigenvalue weighted by Crippen LogP contribution is 2.46. The van der Waals surface area contributed by atoms with Crippen LogP contribution in [0.3, 0.4) is 0 Å². The summed E-state index contributed by atoms with van der Waals surface area (Å²) in [6, 6.07) is 61.4. The third kappa shape index (κ3) is 3.97. The second kappa shape index (κ2) is 10.2. The lowest BCUT2D eigenvalue weighted by Gasteiger charge is -2.14. The molecule has 10 rings (SSSR count). The highest BCUT2D eigenvalue weighted by molar-refractivity contribution is 6.37. The minimum absolute atomic E-state index is 0.907. The van der Waals surface area contributed by atoms with Crippen molar-refractivity contribution >= 4 is 65.0 Å². The molecular weight excluding hydrogens is 569 g/mol. The first-order valence-corrected chi connectivity index (χ1v) is 16.2. The zero-order valence-electron chi connectivity index (χ0n) is 25.6. The van der Waals surface area contributed by atoms with Crippen molar-refractivity contribution in [1.29, 1.82) is 0 Å². The van der Waals surface area contributed by atoms with Crippen LogP contribution in [0.4, 0.5) is 0 Å². The van der Waals surface area contributed by atoms with E-state index in [0.717, 1.165) is 11.2 Å². The molecule has 0 amide bonds. The molecule has 9 aromatic carbocycles. The van der Waals surface area contributed by atoms with Gasteiger partial charge in [-0.1, -0.05) is 133 Å². The van der Waals surface area contributed by atoms with Crippen molar-refractivity contribution in [3.05, 3.63) is 170 Å². The van der Waals surface area contributed by atoms with Crippen LogP contribution < -0.4 is 0 Å². The van der Waals surface area contributed by atoms with Crippen LogP contribution in [-0.4, -0.2) is 0 Å². The van der Waals surface area contributed by atoms with Crippen molar-refractivity contribution in [2.24, 2.45) is 0 Å². The van der Waals surface area contributed by atoms with Crippen LogP contribution in [-0.2, 0) is 0 Å². The molecule has 0 radical (unpaired) electrons. The fraction of sp³-hybridized carbons (Fsp3) is 0. The van der Waals surface area contributed by atoms with Crippen molar-refractivity contribution in [2.75, 3.05) is 0 Å². The van der Waals surface area contributed by atoms with E-state index in [1.165, 1.54) is 87.2 Å². The maximum Gasteiger partial charge on any atom is 0.136 e. The van der Waals surface area contributed by atoms with E-state index in [1.54, 1.807) is 0 Å². The molecule has 0 unspecified atom stereocenters. The van der Waals surface area contributed by atoms with E-state index in [9.17, 15) is 0 Å². The van der Waals surface area contributed by atoms with Gasteiger partial charge in [-0.05, 0) is 107 Å². The maximum absolute atomic E-state index is 6.82. The summed E-state index contributed by atoms with van der Waals surface area (Å²) in [7, 11) is 0. The Morgan fingerprint density at radius 2 is 0.702 bits per heavy atom. The van der Waals surface area contributed by atoms with Gasteiger partial charge in [-0.2, -0.15) is 0 Å². The summed E-state index contributed by atoms with van der Waals surface area (Å²) in [6.07, 6.45) is 0. The van der Waals surface area contributed by atoms with E-state index >= 15 is 0 Å². The van der Waals surface area contributed by atoms with Crippen LogP contribution in [0.5, 0.6) is 0 Å². The fourth-order valence-electron chi connectivity index (χ4n) is 7.73. The third-order valence-corrected chi connectivity index (χ3v) is 9.81. The van der Waals surface area contributed by atoms with E-state index in [2.05, 4.69) is 170 Å². The fourth-order valence-corrected chi connectivity index (χ4v) is 7.73. The molecule has 47 heavy (non-hydrogen) atoms. The Morgan fingerprint density at radius 1 is 0.255 bits per heavy atom. The van der Waals surface area contributed by atoms with Gasteiger partial charge in [0.1, 0.15) is 11.2 Å². The average molecular weight is 597 g/mol. The molecule has 1 heterocycles. The van der Waals surface area contributed by atoms with Crippen molar-refractivity contribution < 1.29 is 4.42 Å². The molecule has 0 aliphatic carbocycles. The summed E-state index contributed by atoms with van der Waals surface area (Å²) in [6.45, 7) is 0. The second-order valence-electron chi connectivity index (χ2n) is 12.4. The quantitative estimate of drug-likeness (QED) is 0.185. The summed E-state index contributed by atoms with van der Waals surface area (Å²) < 4.78 is 6.82. The van der Waals surface area contributed by atoms with Crippen LogP contribution >= 0.6 is 0 Å². The monoisotopic (exact) mass is 596 g/mol. The first kappa shape index (κ1) is 26.1. The van der Waals surface area contributed by atoms with E-state index in [4.69, 9.17) is 4.42 Å². The zero-order chi connectivity index (χ0) is 30.9. The molecule has 10 aromatic rings. The molecule has 218 valence electrons. The Bertz CT molecular complexity index is 2730. The van der Waals surface area contributed by atoms with Crippen molar-refractivity contribution in [3.8, 4) is 33.4 Å².